The molecule has 1 N–H and O–H groups in total. The fourth-order valence-electron chi connectivity index (χ4n) is 3.93. The highest BCUT2D eigenvalue weighted by atomic mass is 15.0. The number of rotatable bonds is 2. The van der Waals surface area contributed by atoms with Crippen molar-refractivity contribution in [3.05, 3.63) is 48.0 Å². The second-order valence-electron chi connectivity index (χ2n) is 6.76. The molecule has 2 aromatic carbocycles. The van der Waals surface area contributed by atoms with Crippen molar-refractivity contribution >= 4 is 21.8 Å². The third-order valence-corrected chi connectivity index (χ3v) is 4.96. The van der Waals surface area contributed by atoms with Gasteiger partial charge >= 0.3 is 0 Å². The lowest BCUT2D eigenvalue weighted by Gasteiger charge is -2.24. The Morgan fingerprint density at radius 1 is 1.00 bits per heavy atom. The Morgan fingerprint density at radius 3 is 2.59 bits per heavy atom. The van der Waals surface area contributed by atoms with Gasteiger partial charge in [-0.2, -0.15) is 0 Å². The van der Waals surface area contributed by atoms with Crippen molar-refractivity contribution in [2.75, 3.05) is 6.54 Å². The Morgan fingerprint density at radius 2 is 1.82 bits per heavy atom. The second kappa shape index (κ2) is 5.44. The van der Waals surface area contributed by atoms with Crippen LogP contribution in [-0.4, -0.2) is 11.1 Å². The smallest absolute Gasteiger partial charge is 0.0494 e. The fourth-order valence-corrected chi connectivity index (χ4v) is 3.93. The molecule has 1 atom stereocenters. The summed E-state index contributed by atoms with van der Waals surface area (Å²) in [7, 11) is 0. The van der Waals surface area contributed by atoms with Gasteiger partial charge in [0.15, 0.2) is 0 Å². The van der Waals surface area contributed by atoms with Gasteiger partial charge in [0, 0.05) is 33.9 Å². The summed E-state index contributed by atoms with van der Waals surface area (Å²) in [5, 5.41) is 6.45. The lowest BCUT2D eigenvalue weighted by Crippen LogP contribution is -2.26. The van der Waals surface area contributed by atoms with Crippen molar-refractivity contribution in [3.63, 3.8) is 0 Å². The van der Waals surface area contributed by atoms with Crippen LogP contribution in [0.25, 0.3) is 21.8 Å². The largest absolute Gasteiger partial charge is 0.338 e. The van der Waals surface area contributed by atoms with Gasteiger partial charge in [0.1, 0.15) is 0 Å². The van der Waals surface area contributed by atoms with Crippen LogP contribution in [0.5, 0.6) is 0 Å². The summed E-state index contributed by atoms with van der Waals surface area (Å²) in [5.41, 5.74) is 4.15. The predicted molar refractivity (Wildman–Crippen MR) is 94.4 cm³/mol. The summed E-state index contributed by atoms with van der Waals surface area (Å²) in [6.07, 6.45) is 3.91. The third kappa shape index (κ3) is 2.14. The zero-order chi connectivity index (χ0) is 15.1. The van der Waals surface area contributed by atoms with E-state index >= 15 is 0 Å². The topological polar surface area (TPSA) is 17.0 Å². The van der Waals surface area contributed by atoms with Gasteiger partial charge in [0.2, 0.25) is 0 Å². The van der Waals surface area contributed by atoms with Crippen molar-refractivity contribution < 1.29 is 0 Å². The summed E-state index contributed by atoms with van der Waals surface area (Å²) in [6.45, 7) is 5.68. The second-order valence-corrected chi connectivity index (χ2v) is 6.76. The number of benzene rings is 2. The van der Waals surface area contributed by atoms with Crippen LogP contribution in [-0.2, 0) is 0 Å². The predicted octanol–water partition coefficient (Wildman–Crippen LogP) is 5.19. The number of aromatic nitrogens is 1. The molecule has 0 bridgehead atoms. The molecule has 1 saturated heterocycles. The van der Waals surface area contributed by atoms with E-state index in [1.165, 1.54) is 46.6 Å². The Balaban J connectivity index is 1.94. The molecule has 1 aliphatic rings. The summed E-state index contributed by atoms with van der Waals surface area (Å²) < 4.78 is 2.46. The number of nitrogens with zero attached hydrogens (tertiary/aromatic N) is 1. The van der Waals surface area contributed by atoms with Crippen molar-refractivity contribution in [1.82, 2.24) is 9.88 Å². The summed E-state index contributed by atoms with van der Waals surface area (Å²) in [4.78, 5) is 0. The summed E-state index contributed by atoms with van der Waals surface area (Å²) in [6, 6.07) is 16.9. The van der Waals surface area contributed by atoms with Crippen molar-refractivity contribution in [2.24, 2.45) is 0 Å². The van der Waals surface area contributed by atoms with E-state index in [1.807, 2.05) is 0 Å². The average Bonchev–Trinajstić information content (AvgIpc) is 2.89. The van der Waals surface area contributed by atoms with E-state index in [0.717, 1.165) is 6.54 Å². The van der Waals surface area contributed by atoms with Crippen LogP contribution >= 0.6 is 0 Å². The van der Waals surface area contributed by atoms with E-state index in [0.29, 0.717) is 12.1 Å². The van der Waals surface area contributed by atoms with E-state index in [9.17, 15) is 0 Å². The molecule has 1 fully saturated rings. The minimum absolute atomic E-state index is 0.473. The van der Waals surface area contributed by atoms with Crippen molar-refractivity contribution in [1.29, 1.82) is 0 Å². The molecule has 1 unspecified atom stereocenters. The first-order valence-electron chi connectivity index (χ1n) is 8.51. The standard InChI is InChI=1S/C20H24N2/c1-14(2)22-19-9-4-3-7-16(19)17-13-15(10-11-20(17)22)18-8-5-6-12-21-18/h3-4,7,9-11,13-14,18,21H,5-6,8,12H2,1-2H3. The number of para-hydroxylation sites is 1. The highest BCUT2D eigenvalue weighted by molar-refractivity contribution is 6.08. The first-order valence-corrected chi connectivity index (χ1v) is 8.51. The van der Waals surface area contributed by atoms with E-state index in [4.69, 9.17) is 0 Å². The van der Waals surface area contributed by atoms with Crippen LogP contribution in [0.1, 0.15) is 50.8 Å². The molecule has 0 radical (unpaired) electrons. The van der Waals surface area contributed by atoms with Gasteiger partial charge < -0.3 is 9.88 Å². The lowest BCUT2D eigenvalue weighted by molar-refractivity contribution is 0.412. The van der Waals surface area contributed by atoms with Crippen LogP contribution in [0.4, 0.5) is 0 Å². The molecule has 1 aromatic heterocycles. The monoisotopic (exact) mass is 292 g/mol. The summed E-state index contributed by atoms with van der Waals surface area (Å²) >= 11 is 0. The Kier molecular flexibility index (Phi) is 3.42. The van der Waals surface area contributed by atoms with Crippen LogP contribution in [0.2, 0.25) is 0 Å². The van der Waals surface area contributed by atoms with E-state index in [1.54, 1.807) is 0 Å². The highest BCUT2D eigenvalue weighted by Crippen LogP contribution is 2.34. The fraction of sp³-hybridized carbons (Fsp3) is 0.400. The lowest BCUT2D eigenvalue weighted by atomic mass is 9.96. The van der Waals surface area contributed by atoms with Crippen molar-refractivity contribution in [3.8, 4) is 0 Å². The van der Waals surface area contributed by atoms with Gasteiger partial charge in [-0.1, -0.05) is 30.7 Å². The Labute approximate surface area is 132 Å². The average molecular weight is 292 g/mol. The van der Waals surface area contributed by atoms with Gasteiger partial charge in [0.05, 0.1) is 0 Å². The third-order valence-electron chi connectivity index (χ3n) is 4.96. The molecule has 1 aliphatic heterocycles. The minimum atomic E-state index is 0.473. The van der Waals surface area contributed by atoms with Gasteiger partial charge in [-0.05, 0) is 57.0 Å². The highest BCUT2D eigenvalue weighted by Gasteiger charge is 2.17. The van der Waals surface area contributed by atoms with Crippen LogP contribution in [0.3, 0.4) is 0 Å². The zero-order valence-electron chi connectivity index (χ0n) is 13.5. The molecule has 22 heavy (non-hydrogen) atoms. The van der Waals surface area contributed by atoms with Gasteiger partial charge in [-0.3, -0.25) is 0 Å². The Bertz CT molecular complexity index is 807. The molecule has 2 heteroatoms. The molecule has 3 aromatic rings. The van der Waals surface area contributed by atoms with Crippen molar-refractivity contribution in [2.45, 2.75) is 45.2 Å². The molecule has 4 rings (SSSR count). The zero-order valence-corrected chi connectivity index (χ0v) is 13.5. The molecular weight excluding hydrogens is 268 g/mol. The van der Waals surface area contributed by atoms with Crippen LogP contribution in [0.15, 0.2) is 42.5 Å². The summed E-state index contributed by atoms with van der Waals surface area (Å²) in [5.74, 6) is 0. The minimum Gasteiger partial charge on any atom is -0.338 e. The number of fused-ring (bicyclic) bond motifs is 3. The molecule has 0 aliphatic carbocycles. The maximum absolute atomic E-state index is 3.67. The molecule has 0 spiro atoms. The molecular formula is C20H24N2. The number of nitrogens with one attached hydrogen (secondary N) is 1. The van der Waals surface area contributed by atoms with E-state index in [2.05, 4.69) is 66.2 Å². The molecule has 0 saturated carbocycles. The van der Waals surface area contributed by atoms with E-state index < -0.39 is 0 Å². The first kappa shape index (κ1) is 13.8. The quantitative estimate of drug-likeness (QED) is 0.687. The molecule has 114 valence electrons. The number of hydrogen-bond donors (Lipinski definition) is 1. The van der Waals surface area contributed by atoms with E-state index in [-0.39, 0.29) is 0 Å². The van der Waals surface area contributed by atoms with Gasteiger partial charge in [0.25, 0.3) is 0 Å². The van der Waals surface area contributed by atoms with Crippen LogP contribution < -0.4 is 5.32 Å². The normalized spacial score (nSPS) is 19.3. The SMILES string of the molecule is CC(C)n1c2ccccc2c2cc(C3CCCCN3)ccc21. The first-order chi connectivity index (χ1) is 10.8. The number of hydrogen-bond acceptors (Lipinski definition) is 1. The molecule has 0 amide bonds. The van der Waals surface area contributed by atoms with Crippen LogP contribution in [0, 0.1) is 0 Å². The molecule has 2 nitrogen and oxygen atoms in total. The van der Waals surface area contributed by atoms with Gasteiger partial charge in [-0.15, -0.1) is 0 Å². The molecule has 2 heterocycles. The maximum atomic E-state index is 3.67. The maximum Gasteiger partial charge on any atom is 0.0494 e. The van der Waals surface area contributed by atoms with Gasteiger partial charge in [-0.25, -0.2) is 0 Å². The Hall–Kier alpha value is -1.80. The number of piperidine rings is 1.